The van der Waals surface area contributed by atoms with Crippen LogP contribution in [-0.4, -0.2) is 35.5 Å². The SMILES string of the molecule is C=CCc1cc(/C=C2\C(=O)NC(=O)N(c3cc(C)cc(C)c3)C2=O)ccc1OCC(=O)O. The molecule has 0 unspecified atom stereocenters. The summed E-state index contributed by atoms with van der Waals surface area (Å²) in [5.74, 6) is -2.28. The number of hydrogen-bond donors (Lipinski definition) is 2. The maximum absolute atomic E-state index is 13.1. The third-order valence-corrected chi connectivity index (χ3v) is 4.68. The van der Waals surface area contributed by atoms with E-state index < -0.39 is 30.4 Å². The number of ether oxygens (including phenoxy) is 1. The molecule has 1 heterocycles. The highest BCUT2D eigenvalue weighted by Crippen LogP contribution is 2.26. The Hall–Kier alpha value is -4.20. The van der Waals surface area contributed by atoms with E-state index >= 15 is 0 Å². The second-order valence-corrected chi connectivity index (χ2v) is 7.35. The van der Waals surface area contributed by atoms with Gasteiger partial charge in [-0.1, -0.05) is 18.2 Å². The van der Waals surface area contributed by atoms with E-state index in [4.69, 9.17) is 9.84 Å². The molecule has 164 valence electrons. The predicted molar refractivity (Wildman–Crippen MR) is 118 cm³/mol. The van der Waals surface area contributed by atoms with Crippen molar-refractivity contribution in [1.82, 2.24) is 5.32 Å². The lowest BCUT2D eigenvalue weighted by Crippen LogP contribution is -2.54. The maximum atomic E-state index is 13.1. The van der Waals surface area contributed by atoms with Crippen LogP contribution in [0.1, 0.15) is 22.3 Å². The number of carbonyl (C=O) groups is 4. The fourth-order valence-electron chi connectivity index (χ4n) is 3.42. The Balaban J connectivity index is 1.99. The molecule has 0 saturated carbocycles. The van der Waals surface area contributed by atoms with Crippen molar-refractivity contribution in [3.05, 3.63) is 76.9 Å². The van der Waals surface area contributed by atoms with Gasteiger partial charge in [-0.3, -0.25) is 14.9 Å². The van der Waals surface area contributed by atoms with Gasteiger partial charge in [0.05, 0.1) is 5.69 Å². The van der Waals surface area contributed by atoms with E-state index in [1.807, 2.05) is 19.9 Å². The van der Waals surface area contributed by atoms with Crippen LogP contribution in [0.25, 0.3) is 6.08 Å². The number of hydrogen-bond acceptors (Lipinski definition) is 5. The Labute approximate surface area is 184 Å². The Bertz CT molecular complexity index is 1140. The first-order valence-corrected chi connectivity index (χ1v) is 9.77. The zero-order chi connectivity index (χ0) is 23.4. The van der Waals surface area contributed by atoms with Gasteiger partial charge in [-0.2, -0.15) is 0 Å². The average molecular weight is 434 g/mol. The van der Waals surface area contributed by atoms with E-state index in [2.05, 4.69) is 11.9 Å². The summed E-state index contributed by atoms with van der Waals surface area (Å²) in [4.78, 5) is 49.7. The van der Waals surface area contributed by atoms with Crippen LogP contribution >= 0.6 is 0 Å². The van der Waals surface area contributed by atoms with E-state index in [-0.39, 0.29) is 5.57 Å². The Morgan fingerprint density at radius 1 is 1.12 bits per heavy atom. The summed E-state index contributed by atoms with van der Waals surface area (Å²) in [7, 11) is 0. The number of allylic oxidation sites excluding steroid dienone is 1. The van der Waals surface area contributed by atoms with Crippen molar-refractivity contribution in [2.45, 2.75) is 20.3 Å². The molecule has 8 nitrogen and oxygen atoms in total. The number of rotatable bonds is 7. The Morgan fingerprint density at radius 3 is 2.44 bits per heavy atom. The summed E-state index contributed by atoms with van der Waals surface area (Å²) in [5, 5.41) is 11.0. The molecule has 4 amide bonds. The molecule has 0 radical (unpaired) electrons. The van der Waals surface area contributed by atoms with Gasteiger partial charge in [0.1, 0.15) is 11.3 Å². The molecule has 8 heteroatoms. The normalized spacial score (nSPS) is 15.0. The smallest absolute Gasteiger partial charge is 0.341 e. The second kappa shape index (κ2) is 9.30. The molecule has 0 atom stereocenters. The number of carboxylic acids is 1. The van der Waals surface area contributed by atoms with Crippen molar-refractivity contribution in [3.8, 4) is 5.75 Å². The standard InChI is InChI=1S/C24H22N2O6/c1-4-5-17-11-16(6-7-20(17)32-13-21(27)28)12-19-22(29)25-24(31)26(23(19)30)18-9-14(2)8-15(3)10-18/h4,6-12H,1,5,13H2,2-3H3,(H,27,28)(H,25,29,31)/b19-12+. The monoisotopic (exact) mass is 434 g/mol. The van der Waals surface area contributed by atoms with E-state index in [0.717, 1.165) is 16.0 Å². The molecule has 1 fully saturated rings. The van der Waals surface area contributed by atoms with Gasteiger partial charge < -0.3 is 9.84 Å². The van der Waals surface area contributed by atoms with Crippen LogP contribution in [0.3, 0.4) is 0 Å². The third-order valence-electron chi connectivity index (χ3n) is 4.68. The number of benzene rings is 2. The van der Waals surface area contributed by atoms with Crippen molar-refractivity contribution in [3.63, 3.8) is 0 Å². The molecule has 1 aliphatic heterocycles. The molecular weight excluding hydrogens is 412 g/mol. The molecule has 2 aromatic rings. The minimum atomic E-state index is -1.11. The fourth-order valence-corrected chi connectivity index (χ4v) is 3.42. The van der Waals surface area contributed by atoms with Crippen molar-refractivity contribution >= 4 is 35.6 Å². The van der Waals surface area contributed by atoms with Crippen LogP contribution in [0.2, 0.25) is 0 Å². The third kappa shape index (κ3) is 4.92. The molecule has 0 spiro atoms. The first-order valence-electron chi connectivity index (χ1n) is 9.77. The zero-order valence-corrected chi connectivity index (χ0v) is 17.7. The lowest BCUT2D eigenvalue weighted by atomic mass is 10.0. The Morgan fingerprint density at radius 2 is 1.81 bits per heavy atom. The van der Waals surface area contributed by atoms with Crippen LogP contribution in [0.15, 0.2) is 54.6 Å². The maximum Gasteiger partial charge on any atom is 0.341 e. The summed E-state index contributed by atoms with van der Waals surface area (Å²) in [5.41, 5.74) is 3.06. The summed E-state index contributed by atoms with van der Waals surface area (Å²) < 4.78 is 5.28. The van der Waals surface area contributed by atoms with Gasteiger partial charge in [0.25, 0.3) is 11.8 Å². The molecule has 0 aliphatic carbocycles. The Kier molecular flexibility index (Phi) is 6.53. The highest BCUT2D eigenvalue weighted by atomic mass is 16.5. The minimum absolute atomic E-state index is 0.201. The van der Waals surface area contributed by atoms with Gasteiger partial charge in [0.2, 0.25) is 0 Å². The number of nitrogens with one attached hydrogen (secondary N) is 1. The number of aliphatic carboxylic acids is 1. The second-order valence-electron chi connectivity index (χ2n) is 7.35. The van der Waals surface area contributed by atoms with E-state index in [1.165, 1.54) is 6.08 Å². The highest BCUT2D eigenvalue weighted by molar-refractivity contribution is 6.39. The molecule has 3 rings (SSSR count). The number of urea groups is 1. The van der Waals surface area contributed by atoms with E-state index in [1.54, 1.807) is 36.4 Å². The average Bonchev–Trinajstić information content (AvgIpc) is 2.69. The lowest BCUT2D eigenvalue weighted by Gasteiger charge is -2.27. The number of amides is 4. The first-order chi connectivity index (χ1) is 15.2. The van der Waals surface area contributed by atoms with Gasteiger partial charge in [0.15, 0.2) is 6.61 Å². The number of anilines is 1. The summed E-state index contributed by atoms with van der Waals surface area (Å²) in [6.45, 7) is 6.87. The van der Waals surface area contributed by atoms with Crippen molar-refractivity contribution in [2.24, 2.45) is 0 Å². The van der Waals surface area contributed by atoms with Crippen LogP contribution in [-0.2, 0) is 20.8 Å². The van der Waals surface area contributed by atoms with Crippen LogP contribution in [0, 0.1) is 13.8 Å². The van der Waals surface area contributed by atoms with Crippen molar-refractivity contribution in [1.29, 1.82) is 0 Å². The quantitative estimate of drug-likeness (QED) is 0.393. The van der Waals surface area contributed by atoms with Gasteiger partial charge >= 0.3 is 12.0 Å². The predicted octanol–water partition coefficient (Wildman–Crippen LogP) is 3.16. The fraction of sp³-hybridized carbons (Fsp3) is 0.167. The highest BCUT2D eigenvalue weighted by Gasteiger charge is 2.37. The van der Waals surface area contributed by atoms with Gasteiger partial charge in [-0.25, -0.2) is 14.5 Å². The number of barbiturate groups is 1. The minimum Gasteiger partial charge on any atom is -0.482 e. The topological polar surface area (TPSA) is 113 Å². The molecule has 2 N–H and O–H groups in total. The molecule has 1 saturated heterocycles. The van der Waals surface area contributed by atoms with Crippen LogP contribution in [0.5, 0.6) is 5.75 Å². The number of carbonyl (C=O) groups excluding carboxylic acids is 3. The molecule has 1 aliphatic rings. The molecule has 2 aromatic carbocycles. The van der Waals surface area contributed by atoms with Gasteiger partial charge in [0, 0.05) is 0 Å². The number of carboxylic acid groups (broad SMARTS) is 1. The summed E-state index contributed by atoms with van der Waals surface area (Å²) >= 11 is 0. The van der Waals surface area contributed by atoms with Crippen molar-refractivity contribution in [2.75, 3.05) is 11.5 Å². The number of imide groups is 2. The van der Waals surface area contributed by atoms with Crippen molar-refractivity contribution < 1.29 is 29.0 Å². The van der Waals surface area contributed by atoms with Crippen LogP contribution < -0.4 is 15.0 Å². The zero-order valence-electron chi connectivity index (χ0n) is 17.7. The largest absolute Gasteiger partial charge is 0.482 e. The lowest BCUT2D eigenvalue weighted by molar-refractivity contribution is -0.139. The van der Waals surface area contributed by atoms with Gasteiger partial charge in [-0.15, -0.1) is 6.58 Å². The van der Waals surface area contributed by atoms with E-state index in [0.29, 0.717) is 29.0 Å². The van der Waals surface area contributed by atoms with Crippen LogP contribution in [0.4, 0.5) is 10.5 Å². The molecule has 0 bridgehead atoms. The molecular formula is C24H22N2O6. The molecule has 32 heavy (non-hydrogen) atoms. The summed E-state index contributed by atoms with van der Waals surface area (Å²) in [6.07, 6.45) is 3.39. The van der Waals surface area contributed by atoms with Gasteiger partial charge in [-0.05, 0) is 72.9 Å². The summed E-state index contributed by atoms with van der Waals surface area (Å²) in [6, 6.07) is 9.30. The molecule has 0 aromatic heterocycles. The number of nitrogens with zero attached hydrogens (tertiary/aromatic N) is 1. The first kappa shape index (κ1) is 22.5. The number of aryl methyl sites for hydroxylation is 2. The van der Waals surface area contributed by atoms with E-state index in [9.17, 15) is 19.2 Å².